The average molecular weight is 444 g/mol. The third kappa shape index (κ3) is 4.67. The van der Waals surface area contributed by atoms with Gasteiger partial charge in [-0.25, -0.2) is 4.21 Å². The van der Waals surface area contributed by atoms with Gasteiger partial charge in [-0.15, -0.1) is 0 Å². The second-order valence-electron chi connectivity index (χ2n) is 9.73. The lowest BCUT2D eigenvalue weighted by molar-refractivity contribution is 0.138. The largest absolute Gasteiger partial charge is 0.397 e. The summed E-state index contributed by atoms with van der Waals surface area (Å²) in [6, 6.07) is 21.0. The zero-order chi connectivity index (χ0) is 22.0. The van der Waals surface area contributed by atoms with Gasteiger partial charge in [-0.05, 0) is 36.2 Å². The van der Waals surface area contributed by atoms with Crippen LogP contribution in [0.3, 0.4) is 0 Å². The summed E-state index contributed by atoms with van der Waals surface area (Å²) < 4.78 is 29.7. The zero-order valence-corrected chi connectivity index (χ0v) is 20.7. The molecular weight excluding hydrogens is 410 g/mol. The molecule has 0 N–H and O–H groups in total. The third-order valence-corrected chi connectivity index (χ3v) is 11.8. The lowest BCUT2D eigenvalue weighted by atomic mass is 10.2. The normalized spacial score (nSPS) is 20.5. The van der Waals surface area contributed by atoms with Gasteiger partial charge >= 0.3 is 0 Å². The Bertz CT molecular complexity index is 862. The van der Waals surface area contributed by atoms with Crippen LogP contribution in [0.15, 0.2) is 65.1 Å². The van der Waals surface area contributed by atoms with Gasteiger partial charge in [0.15, 0.2) is 0 Å². The van der Waals surface area contributed by atoms with Gasteiger partial charge in [0.1, 0.15) is 17.1 Å². The van der Waals surface area contributed by atoms with Gasteiger partial charge in [0, 0.05) is 0 Å². The van der Waals surface area contributed by atoms with Crippen molar-refractivity contribution in [2.75, 3.05) is 13.2 Å². The molecule has 0 spiro atoms. The second kappa shape index (κ2) is 8.87. The minimum absolute atomic E-state index is 0.132. The molecule has 0 bridgehead atoms. The van der Waals surface area contributed by atoms with Gasteiger partial charge in [-0.3, -0.25) is 0 Å². The maximum Gasteiger partial charge on any atom is 0.262 e. The highest BCUT2D eigenvalue weighted by Gasteiger charge is 2.52. The monoisotopic (exact) mass is 443 g/mol. The van der Waals surface area contributed by atoms with Crippen molar-refractivity contribution >= 4 is 35.4 Å². The number of nitrogens with zero attached hydrogens (tertiary/aromatic N) is 1. The minimum Gasteiger partial charge on any atom is -0.397 e. The Morgan fingerprint density at radius 2 is 1.43 bits per heavy atom. The summed E-state index contributed by atoms with van der Waals surface area (Å²) in [4.78, 5) is 0. The first-order chi connectivity index (χ1) is 14.1. The zero-order valence-electron chi connectivity index (χ0n) is 18.8. The Morgan fingerprint density at radius 3 is 1.87 bits per heavy atom. The smallest absolute Gasteiger partial charge is 0.262 e. The first kappa shape index (κ1) is 23.1. The lowest BCUT2D eigenvalue weighted by Gasteiger charge is -2.44. The Hall–Kier alpha value is -1.60. The molecule has 2 atom stereocenters. The summed E-state index contributed by atoms with van der Waals surface area (Å²) in [5.41, 5.74) is 0.747. The third-order valence-electron chi connectivity index (χ3n) is 5.35. The minimum atomic E-state index is -2.71. The molecule has 3 rings (SSSR count). The van der Waals surface area contributed by atoms with E-state index < -0.39 is 24.1 Å². The molecule has 162 valence electrons. The summed E-state index contributed by atoms with van der Waals surface area (Å²) >= 11 is 0. The molecule has 2 aromatic carbocycles. The van der Waals surface area contributed by atoms with E-state index in [1.54, 1.807) is 0 Å². The molecule has 6 heteroatoms. The van der Waals surface area contributed by atoms with E-state index in [9.17, 15) is 4.21 Å². The highest BCUT2D eigenvalue weighted by Crippen LogP contribution is 2.38. The van der Waals surface area contributed by atoms with Crippen molar-refractivity contribution in [1.82, 2.24) is 0 Å². The Kier molecular flexibility index (Phi) is 6.82. The SMILES string of the molecule is CC(C)(C)S(=O)N=C1COCC1O[Si](c1ccccc1)(c1ccccc1)C(C)(C)C. The molecule has 4 nitrogen and oxygen atoms in total. The van der Waals surface area contributed by atoms with Crippen molar-refractivity contribution in [2.24, 2.45) is 4.40 Å². The molecule has 2 unspecified atom stereocenters. The fourth-order valence-electron chi connectivity index (χ4n) is 3.79. The number of rotatable bonds is 5. The van der Waals surface area contributed by atoms with E-state index in [0.29, 0.717) is 13.2 Å². The Balaban J connectivity index is 2.12. The number of hydrogen-bond donors (Lipinski definition) is 0. The summed E-state index contributed by atoms with van der Waals surface area (Å²) in [6.45, 7) is 13.3. The Labute approximate surface area is 184 Å². The van der Waals surface area contributed by atoms with Crippen LogP contribution in [-0.2, 0) is 20.1 Å². The van der Waals surface area contributed by atoms with Crippen LogP contribution in [-0.4, -0.2) is 42.3 Å². The van der Waals surface area contributed by atoms with Crippen molar-refractivity contribution in [1.29, 1.82) is 0 Å². The molecule has 1 heterocycles. The van der Waals surface area contributed by atoms with Crippen molar-refractivity contribution in [2.45, 2.75) is 57.4 Å². The highest BCUT2D eigenvalue weighted by atomic mass is 32.2. The van der Waals surface area contributed by atoms with Crippen LogP contribution in [0.5, 0.6) is 0 Å². The maximum atomic E-state index is 12.7. The molecule has 0 saturated carbocycles. The molecule has 0 amide bonds. The van der Waals surface area contributed by atoms with Gasteiger partial charge in [0.05, 0.1) is 23.7 Å². The molecule has 1 aliphatic heterocycles. The van der Waals surface area contributed by atoms with E-state index in [1.165, 1.54) is 10.4 Å². The molecule has 1 saturated heterocycles. The predicted octanol–water partition coefficient (Wildman–Crippen LogP) is 3.87. The van der Waals surface area contributed by atoms with E-state index in [1.807, 2.05) is 32.9 Å². The summed E-state index contributed by atoms with van der Waals surface area (Å²) in [6.07, 6.45) is -0.303. The topological polar surface area (TPSA) is 47.9 Å². The highest BCUT2D eigenvalue weighted by molar-refractivity contribution is 7.85. The molecule has 30 heavy (non-hydrogen) atoms. The molecule has 2 aromatic rings. The standard InChI is InChI=1S/C24H33NO3SSi/c1-23(2,3)29(26)25-21-17-27-18-22(21)28-30(24(4,5)6,19-13-9-7-10-14-19)20-15-11-8-12-16-20/h7-16,22H,17-18H2,1-6H3. The maximum absolute atomic E-state index is 12.7. The van der Waals surface area contributed by atoms with Crippen LogP contribution in [0, 0.1) is 0 Å². The van der Waals surface area contributed by atoms with Crippen LogP contribution in [0.2, 0.25) is 5.04 Å². The number of benzene rings is 2. The van der Waals surface area contributed by atoms with Crippen LogP contribution < -0.4 is 10.4 Å². The Morgan fingerprint density at radius 1 is 0.933 bits per heavy atom. The van der Waals surface area contributed by atoms with Crippen LogP contribution >= 0.6 is 0 Å². The van der Waals surface area contributed by atoms with Crippen molar-refractivity contribution in [3.8, 4) is 0 Å². The van der Waals surface area contributed by atoms with E-state index in [0.717, 1.165) is 5.71 Å². The van der Waals surface area contributed by atoms with Crippen molar-refractivity contribution in [3.63, 3.8) is 0 Å². The van der Waals surface area contributed by atoms with Crippen LogP contribution in [0.1, 0.15) is 41.5 Å². The summed E-state index contributed by atoms with van der Waals surface area (Å²) in [7, 11) is -4.06. The van der Waals surface area contributed by atoms with E-state index in [4.69, 9.17) is 9.16 Å². The fourth-order valence-corrected chi connectivity index (χ4v) is 9.10. The molecule has 1 fully saturated rings. The molecule has 0 radical (unpaired) electrons. The van der Waals surface area contributed by atoms with Gasteiger partial charge in [-0.1, -0.05) is 81.4 Å². The van der Waals surface area contributed by atoms with Crippen molar-refractivity contribution < 1.29 is 13.4 Å². The van der Waals surface area contributed by atoms with Gasteiger partial charge in [0.25, 0.3) is 8.32 Å². The quantitative estimate of drug-likeness (QED) is 0.659. The first-order valence-electron chi connectivity index (χ1n) is 10.4. The fraction of sp³-hybridized carbons (Fsp3) is 0.458. The molecule has 1 aliphatic rings. The lowest BCUT2D eigenvalue weighted by Crippen LogP contribution is -2.68. The summed E-state index contributed by atoms with van der Waals surface area (Å²) in [5.74, 6) is 0. The number of ether oxygens (including phenoxy) is 1. The molecular formula is C24H33NO3SSi. The van der Waals surface area contributed by atoms with E-state index in [2.05, 4.69) is 73.7 Å². The first-order valence-corrected chi connectivity index (χ1v) is 13.4. The van der Waals surface area contributed by atoms with Gasteiger partial charge in [-0.2, -0.15) is 4.40 Å². The molecule has 0 aliphatic carbocycles. The van der Waals surface area contributed by atoms with Crippen molar-refractivity contribution in [3.05, 3.63) is 60.7 Å². The second-order valence-corrected chi connectivity index (χ2v) is 15.9. The summed E-state index contributed by atoms with van der Waals surface area (Å²) in [5, 5.41) is 2.30. The predicted molar refractivity (Wildman–Crippen MR) is 129 cm³/mol. The number of hydrogen-bond acceptors (Lipinski definition) is 3. The van der Waals surface area contributed by atoms with Crippen LogP contribution in [0.4, 0.5) is 0 Å². The van der Waals surface area contributed by atoms with E-state index in [-0.39, 0.29) is 11.1 Å². The molecule has 0 aromatic heterocycles. The van der Waals surface area contributed by atoms with Gasteiger partial charge < -0.3 is 9.16 Å². The van der Waals surface area contributed by atoms with E-state index >= 15 is 0 Å². The average Bonchev–Trinajstić information content (AvgIpc) is 3.12. The van der Waals surface area contributed by atoms with Gasteiger partial charge in [0.2, 0.25) is 0 Å². The van der Waals surface area contributed by atoms with Crippen LogP contribution in [0.25, 0.3) is 0 Å².